The van der Waals surface area contributed by atoms with Crippen molar-refractivity contribution < 1.29 is 9.47 Å². The molecule has 1 heterocycles. The molecule has 13 heavy (non-hydrogen) atoms. The number of halogens is 1. The molecule has 0 spiro atoms. The first-order chi connectivity index (χ1) is 6.24. The molecule has 0 amide bonds. The van der Waals surface area contributed by atoms with E-state index in [1.165, 1.54) is 12.8 Å². The van der Waals surface area contributed by atoms with Crippen LogP contribution >= 0.6 is 22.6 Å². The first-order valence-corrected chi connectivity index (χ1v) is 6.59. The molecule has 3 heteroatoms. The van der Waals surface area contributed by atoms with Crippen molar-refractivity contribution in [3.05, 3.63) is 0 Å². The fourth-order valence-corrected chi connectivity index (χ4v) is 2.03. The van der Waals surface area contributed by atoms with Crippen molar-refractivity contribution >= 4 is 22.6 Å². The first kappa shape index (κ1) is 11.7. The molecule has 0 aromatic heterocycles. The van der Waals surface area contributed by atoms with E-state index < -0.39 is 0 Å². The average molecular weight is 298 g/mol. The molecule has 1 aliphatic heterocycles. The maximum Gasteiger partial charge on any atom is 0.157 e. The van der Waals surface area contributed by atoms with Crippen LogP contribution in [-0.2, 0) is 9.47 Å². The molecule has 1 aliphatic rings. The number of ether oxygens (including phenoxy) is 2. The van der Waals surface area contributed by atoms with Gasteiger partial charge in [-0.2, -0.15) is 0 Å². The van der Waals surface area contributed by atoms with Gasteiger partial charge in [-0.3, -0.25) is 0 Å². The third kappa shape index (κ3) is 4.13. The Hall–Kier alpha value is 0.650. The summed E-state index contributed by atoms with van der Waals surface area (Å²) in [6, 6.07) is 0. The minimum atomic E-state index is 0.0640. The summed E-state index contributed by atoms with van der Waals surface area (Å²) in [6.07, 6.45) is 3.89. The second-order valence-electron chi connectivity index (χ2n) is 3.77. The Morgan fingerprint density at radius 1 is 1.46 bits per heavy atom. The van der Waals surface area contributed by atoms with E-state index in [0.717, 1.165) is 17.5 Å². The van der Waals surface area contributed by atoms with Crippen molar-refractivity contribution in [2.75, 3.05) is 11.0 Å². The molecule has 0 N–H and O–H groups in total. The highest BCUT2D eigenvalue weighted by Crippen LogP contribution is 2.19. The predicted molar refractivity (Wildman–Crippen MR) is 62.2 cm³/mol. The zero-order chi connectivity index (χ0) is 9.68. The van der Waals surface area contributed by atoms with Crippen LogP contribution in [0, 0.1) is 5.92 Å². The predicted octanol–water partition coefficient (Wildman–Crippen LogP) is 2.99. The molecule has 0 radical (unpaired) electrons. The van der Waals surface area contributed by atoms with Crippen molar-refractivity contribution in [1.29, 1.82) is 0 Å². The fraction of sp³-hybridized carbons (Fsp3) is 1.00. The van der Waals surface area contributed by atoms with E-state index in [1.54, 1.807) is 0 Å². The van der Waals surface area contributed by atoms with Gasteiger partial charge in [0.2, 0.25) is 0 Å². The number of hydrogen-bond acceptors (Lipinski definition) is 2. The van der Waals surface area contributed by atoms with Crippen LogP contribution in [0.15, 0.2) is 0 Å². The number of hydrogen-bond donors (Lipinski definition) is 0. The van der Waals surface area contributed by atoms with Gasteiger partial charge in [-0.25, -0.2) is 0 Å². The zero-order valence-electron chi connectivity index (χ0n) is 8.46. The molecule has 0 aromatic carbocycles. The summed E-state index contributed by atoms with van der Waals surface area (Å²) in [6.45, 7) is 5.23. The monoisotopic (exact) mass is 298 g/mol. The Morgan fingerprint density at radius 3 is 2.77 bits per heavy atom. The van der Waals surface area contributed by atoms with Crippen LogP contribution in [0.1, 0.15) is 33.1 Å². The highest BCUT2D eigenvalue weighted by atomic mass is 127. The first-order valence-electron chi connectivity index (χ1n) is 5.07. The largest absolute Gasteiger partial charge is 0.353 e. The van der Waals surface area contributed by atoms with Crippen molar-refractivity contribution in [1.82, 2.24) is 0 Å². The summed E-state index contributed by atoms with van der Waals surface area (Å²) < 4.78 is 12.5. The maximum atomic E-state index is 5.82. The molecule has 1 rings (SSSR count). The maximum absolute atomic E-state index is 5.82. The Balaban J connectivity index is 2.21. The van der Waals surface area contributed by atoms with Gasteiger partial charge in [0.25, 0.3) is 0 Å². The van der Waals surface area contributed by atoms with E-state index in [1.807, 2.05) is 0 Å². The van der Waals surface area contributed by atoms with E-state index in [4.69, 9.17) is 9.47 Å². The van der Waals surface area contributed by atoms with Gasteiger partial charge in [0.05, 0.1) is 6.10 Å². The minimum absolute atomic E-state index is 0.0640. The lowest BCUT2D eigenvalue weighted by Crippen LogP contribution is -2.30. The standard InChI is InChI=1S/C10H19IO2/c1-8(7-11)9(2)13-10-5-3-4-6-12-10/h8-10H,3-7H2,1-2H3/t8-,9+,10?/m0/s1. The molecular weight excluding hydrogens is 279 g/mol. The summed E-state index contributed by atoms with van der Waals surface area (Å²) in [5.41, 5.74) is 0. The minimum Gasteiger partial charge on any atom is -0.353 e. The lowest BCUT2D eigenvalue weighted by molar-refractivity contribution is -0.191. The zero-order valence-corrected chi connectivity index (χ0v) is 10.6. The molecule has 0 bridgehead atoms. The molecule has 1 saturated heterocycles. The Bertz CT molecular complexity index is 135. The van der Waals surface area contributed by atoms with Gasteiger partial charge in [-0.05, 0) is 32.1 Å². The van der Waals surface area contributed by atoms with Gasteiger partial charge < -0.3 is 9.47 Å². The molecule has 0 aliphatic carbocycles. The molecule has 1 fully saturated rings. The summed E-state index contributed by atoms with van der Waals surface area (Å²) in [5, 5.41) is 0. The summed E-state index contributed by atoms with van der Waals surface area (Å²) in [5.74, 6) is 0.617. The fourth-order valence-electron chi connectivity index (χ4n) is 1.32. The lowest BCUT2D eigenvalue weighted by Gasteiger charge is -2.28. The Morgan fingerprint density at radius 2 is 2.23 bits per heavy atom. The van der Waals surface area contributed by atoms with Crippen LogP contribution in [0.3, 0.4) is 0 Å². The highest BCUT2D eigenvalue weighted by molar-refractivity contribution is 14.1. The van der Waals surface area contributed by atoms with Crippen LogP contribution in [0.2, 0.25) is 0 Å². The van der Waals surface area contributed by atoms with E-state index in [-0.39, 0.29) is 6.29 Å². The van der Waals surface area contributed by atoms with E-state index in [0.29, 0.717) is 12.0 Å². The molecule has 3 atom stereocenters. The topological polar surface area (TPSA) is 18.5 Å². The number of alkyl halides is 1. The molecule has 78 valence electrons. The van der Waals surface area contributed by atoms with Crippen molar-refractivity contribution in [3.8, 4) is 0 Å². The van der Waals surface area contributed by atoms with Crippen LogP contribution in [0.25, 0.3) is 0 Å². The van der Waals surface area contributed by atoms with E-state index in [9.17, 15) is 0 Å². The SMILES string of the molecule is C[C@@H](CI)[C@@H](C)OC1CCCCO1. The van der Waals surface area contributed by atoms with Gasteiger partial charge in [0.15, 0.2) is 6.29 Å². The van der Waals surface area contributed by atoms with Crippen LogP contribution < -0.4 is 0 Å². The second kappa shape index (κ2) is 6.19. The lowest BCUT2D eigenvalue weighted by atomic mass is 10.1. The Labute approximate surface area is 94.5 Å². The molecule has 0 aromatic rings. The second-order valence-corrected chi connectivity index (χ2v) is 4.65. The van der Waals surface area contributed by atoms with Gasteiger partial charge in [-0.15, -0.1) is 0 Å². The van der Waals surface area contributed by atoms with Crippen molar-refractivity contribution in [2.45, 2.75) is 45.5 Å². The van der Waals surface area contributed by atoms with E-state index in [2.05, 4.69) is 36.4 Å². The summed E-state index contributed by atoms with van der Waals surface area (Å²) >= 11 is 2.40. The number of rotatable bonds is 4. The van der Waals surface area contributed by atoms with E-state index >= 15 is 0 Å². The van der Waals surface area contributed by atoms with Gasteiger partial charge >= 0.3 is 0 Å². The quantitative estimate of drug-likeness (QED) is 0.587. The summed E-state index contributed by atoms with van der Waals surface area (Å²) in [7, 11) is 0. The third-order valence-electron chi connectivity index (χ3n) is 2.55. The van der Waals surface area contributed by atoms with Gasteiger partial charge in [0.1, 0.15) is 0 Å². The smallest absolute Gasteiger partial charge is 0.157 e. The Kier molecular flexibility index (Phi) is 5.58. The molecule has 1 unspecified atom stereocenters. The average Bonchev–Trinajstić information content (AvgIpc) is 2.18. The van der Waals surface area contributed by atoms with Gasteiger partial charge in [0, 0.05) is 11.0 Å². The molecular formula is C10H19IO2. The third-order valence-corrected chi connectivity index (χ3v) is 3.94. The van der Waals surface area contributed by atoms with Crippen molar-refractivity contribution in [2.24, 2.45) is 5.92 Å². The van der Waals surface area contributed by atoms with Crippen molar-refractivity contribution in [3.63, 3.8) is 0 Å². The molecule has 0 saturated carbocycles. The highest BCUT2D eigenvalue weighted by Gasteiger charge is 2.19. The van der Waals surface area contributed by atoms with Gasteiger partial charge in [-0.1, -0.05) is 29.5 Å². The van der Waals surface area contributed by atoms with Crippen LogP contribution in [-0.4, -0.2) is 23.4 Å². The molecule has 2 nitrogen and oxygen atoms in total. The van der Waals surface area contributed by atoms with Crippen LogP contribution in [0.4, 0.5) is 0 Å². The summed E-state index contributed by atoms with van der Waals surface area (Å²) in [4.78, 5) is 0. The normalized spacial score (nSPS) is 28.4. The van der Waals surface area contributed by atoms with Crippen LogP contribution in [0.5, 0.6) is 0 Å².